The summed E-state index contributed by atoms with van der Waals surface area (Å²) in [6.07, 6.45) is 2.02. The van der Waals surface area contributed by atoms with Crippen molar-refractivity contribution in [2.24, 2.45) is 0 Å². The molecule has 0 aliphatic heterocycles. The van der Waals surface area contributed by atoms with E-state index in [1.165, 1.54) is 5.19 Å². The van der Waals surface area contributed by atoms with Gasteiger partial charge in [0.2, 0.25) is 0 Å². The van der Waals surface area contributed by atoms with Gasteiger partial charge in [-0.2, -0.15) is 0 Å². The summed E-state index contributed by atoms with van der Waals surface area (Å²) in [4.78, 5) is 14.2. The molecule has 0 unspecified atom stereocenters. The predicted molar refractivity (Wildman–Crippen MR) is 204 cm³/mol. The molecule has 0 fully saturated rings. The normalized spacial score (nSPS) is 11.4. The molecule has 9 aromatic rings. The topological polar surface area (TPSA) is 56.7 Å². The van der Waals surface area contributed by atoms with Crippen molar-refractivity contribution in [2.45, 2.75) is 26.6 Å². The Hall–Kier alpha value is -5.20. The Bertz CT molecular complexity index is 2590. The summed E-state index contributed by atoms with van der Waals surface area (Å²) in [6, 6.07) is 49.8. The van der Waals surface area contributed by atoms with Crippen molar-refractivity contribution >= 4 is 57.1 Å². The molecule has 0 aliphatic carbocycles. The zero-order chi connectivity index (χ0) is 33.5. The standard InChI is InChI=1S/C29H18N3O.C14H16NSi.Ir/c1-18-14-17-25-28(30-18)31-29(32(25)20-9-3-2-4-10-20)24-13-7-12-22-23-16-15-19-8-5-6-11-21(19)26(23)33-27(22)24;1-16(2,3)13-9-10-14(15-11-13)12-7-5-4-6-8-12;/h2-12,14-17H,1H3;4-7,9-11H,1-3H3;/q2*-1;. The Morgan fingerprint density at radius 1 is 0.660 bits per heavy atom. The van der Waals surface area contributed by atoms with Gasteiger partial charge >= 0.3 is 0 Å². The summed E-state index contributed by atoms with van der Waals surface area (Å²) >= 11 is 0. The zero-order valence-corrected chi connectivity index (χ0v) is 31.6. The van der Waals surface area contributed by atoms with E-state index in [9.17, 15) is 0 Å². The van der Waals surface area contributed by atoms with Crippen LogP contribution in [0.15, 0.2) is 138 Å². The molecule has 0 atom stereocenters. The van der Waals surface area contributed by atoms with E-state index in [0.717, 1.165) is 72.3 Å². The van der Waals surface area contributed by atoms with E-state index in [1.54, 1.807) is 0 Å². The molecule has 0 amide bonds. The fraction of sp³-hybridized carbons (Fsp3) is 0.0930. The zero-order valence-electron chi connectivity index (χ0n) is 28.2. The molecule has 1 radical (unpaired) electrons. The number of rotatable bonds is 4. The number of aromatic nitrogens is 4. The maximum atomic E-state index is 6.56. The van der Waals surface area contributed by atoms with Gasteiger partial charge in [0.15, 0.2) is 5.65 Å². The second-order valence-corrected chi connectivity index (χ2v) is 18.3. The predicted octanol–water partition coefficient (Wildman–Crippen LogP) is 10.3. The fourth-order valence-corrected chi connectivity index (χ4v) is 7.28. The number of imidazole rings is 1. The molecule has 9 rings (SSSR count). The molecular formula is C43H34IrN4OSi-2. The van der Waals surface area contributed by atoms with Gasteiger partial charge in [-0.1, -0.05) is 97.3 Å². The number of furan rings is 1. The Morgan fingerprint density at radius 3 is 2.20 bits per heavy atom. The van der Waals surface area contributed by atoms with E-state index in [-0.39, 0.29) is 20.1 Å². The number of pyridine rings is 2. The molecule has 50 heavy (non-hydrogen) atoms. The number of nitrogens with zero attached hydrogens (tertiary/aromatic N) is 4. The van der Waals surface area contributed by atoms with Crippen LogP contribution in [0.5, 0.6) is 0 Å². The minimum atomic E-state index is -1.23. The van der Waals surface area contributed by atoms with Crippen LogP contribution in [0.25, 0.3) is 72.2 Å². The summed E-state index contributed by atoms with van der Waals surface area (Å²) in [5.74, 6) is 0.767. The fourth-order valence-electron chi connectivity index (χ4n) is 6.25. The van der Waals surface area contributed by atoms with Crippen LogP contribution in [0.4, 0.5) is 0 Å². The largest absolute Gasteiger partial charge is 0.500 e. The second kappa shape index (κ2) is 13.6. The maximum Gasteiger partial charge on any atom is 0.168 e. The molecular weight excluding hydrogens is 809 g/mol. The Balaban J connectivity index is 0.000000196. The molecule has 5 nitrogen and oxygen atoms in total. The van der Waals surface area contributed by atoms with Crippen LogP contribution in [0.3, 0.4) is 0 Å². The summed E-state index contributed by atoms with van der Waals surface area (Å²) in [7, 11) is -1.23. The first-order chi connectivity index (χ1) is 23.8. The van der Waals surface area contributed by atoms with Crippen molar-refractivity contribution in [1.82, 2.24) is 19.5 Å². The SMILES string of the molecule is C[Si](C)(C)c1ccc(-c2[c-]cccc2)nc1.Cc1ccc2c(n1)nc(-c1[c-]ccc3c1oc1c4ccccc4ccc31)n2-c1ccccc1.[Ir]. The number of aryl methyl sites for hydroxylation is 1. The number of benzene rings is 5. The van der Waals surface area contributed by atoms with E-state index in [2.05, 4.69) is 102 Å². The van der Waals surface area contributed by atoms with E-state index < -0.39 is 8.07 Å². The van der Waals surface area contributed by atoms with Crippen molar-refractivity contribution in [2.75, 3.05) is 0 Å². The summed E-state index contributed by atoms with van der Waals surface area (Å²) in [5, 5.41) is 5.81. The molecule has 4 heterocycles. The third-order valence-corrected chi connectivity index (χ3v) is 10.9. The van der Waals surface area contributed by atoms with Gasteiger partial charge in [0, 0.05) is 48.5 Å². The number of hydrogen-bond acceptors (Lipinski definition) is 4. The maximum absolute atomic E-state index is 6.56. The van der Waals surface area contributed by atoms with Crippen LogP contribution in [0, 0.1) is 19.1 Å². The minimum Gasteiger partial charge on any atom is -0.500 e. The Kier molecular flexibility index (Phi) is 9.06. The first kappa shape index (κ1) is 33.3. The third kappa shape index (κ3) is 6.20. The van der Waals surface area contributed by atoms with E-state index >= 15 is 0 Å². The Morgan fingerprint density at radius 2 is 1.44 bits per heavy atom. The Labute approximate surface area is 306 Å². The van der Waals surface area contributed by atoms with Gasteiger partial charge in [-0.25, -0.2) is 4.98 Å². The van der Waals surface area contributed by atoms with Crippen LogP contribution in [-0.4, -0.2) is 27.6 Å². The third-order valence-electron chi connectivity index (χ3n) is 8.83. The second-order valence-electron chi connectivity index (χ2n) is 13.2. The molecule has 0 bridgehead atoms. The quantitative estimate of drug-likeness (QED) is 0.131. The first-order valence-corrected chi connectivity index (χ1v) is 20.0. The average molecular weight is 843 g/mol. The van der Waals surface area contributed by atoms with Gasteiger partial charge in [0.05, 0.1) is 25.0 Å². The molecule has 0 saturated carbocycles. The minimum absolute atomic E-state index is 0. The van der Waals surface area contributed by atoms with E-state index in [4.69, 9.17) is 14.4 Å². The molecule has 5 aromatic carbocycles. The van der Waals surface area contributed by atoms with E-state index in [0.29, 0.717) is 5.65 Å². The van der Waals surface area contributed by atoms with Crippen molar-refractivity contribution < 1.29 is 24.5 Å². The number of fused-ring (bicyclic) bond motifs is 6. The van der Waals surface area contributed by atoms with Crippen LogP contribution in [0.2, 0.25) is 19.6 Å². The molecule has 0 saturated heterocycles. The van der Waals surface area contributed by atoms with Gasteiger partial charge in [-0.3, -0.25) is 4.98 Å². The monoisotopic (exact) mass is 843 g/mol. The average Bonchev–Trinajstić information content (AvgIpc) is 3.71. The van der Waals surface area contributed by atoms with Gasteiger partial charge in [0.1, 0.15) is 5.58 Å². The number of hydrogen-bond donors (Lipinski definition) is 0. The van der Waals surface area contributed by atoms with Crippen molar-refractivity contribution in [3.05, 3.63) is 151 Å². The van der Waals surface area contributed by atoms with Crippen LogP contribution in [-0.2, 0) is 20.1 Å². The molecule has 247 valence electrons. The summed E-state index contributed by atoms with van der Waals surface area (Å²) in [6.45, 7) is 8.98. The summed E-state index contributed by atoms with van der Waals surface area (Å²) < 4.78 is 8.69. The smallest absolute Gasteiger partial charge is 0.168 e. The number of para-hydroxylation sites is 1. The molecule has 4 aromatic heterocycles. The molecule has 0 aliphatic rings. The molecule has 0 N–H and O–H groups in total. The van der Waals surface area contributed by atoms with Gasteiger partial charge in [-0.05, 0) is 47.5 Å². The van der Waals surface area contributed by atoms with Crippen molar-refractivity contribution in [3.63, 3.8) is 0 Å². The van der Waals surface area contributed by atoms with Crippen LogP contribution < -0.4 is 5.19 Å². The molecule has 0 spiro atoms. The summed E-state index contributed by atoms with van der Waals surface area (Å²) in [5.41, 5.74) is 8.18. The first-order valence-electron chi connectivity index (χ1n) is 16.5. The van der Waals surface area contributed by atoms with Crippen molar-refractivity contribution in [3.8, 4) is 28.3 Å². The van der Waals surface area contributed by atoms with Crippen molar-refractivity contribution in [1.29, 1.82) is 0 Å². The van der Waals surface area contributed by atoms with Crippen LogP contribution in [0.1, 0.15) is 5.69 Å². The van der Waals surface area contributed by atoms with Crippen LogP contribution >= 0.6 is 0 Å². The van der Waals surface area contributed by atoms with Gasteiger partial charge in [-0.15, -0.1) is 54.1 Å². The van der Waals surface area contributed by atoms with Gasteiger partial charge in [0.25, 0.3) is 0 Å². The van der Waals surface area contributed by atoms with Gasteiger partial charge < -0.3 is 14.0 Å². The molecule has 7 heteroatoms. The van der Waals surface area contributed by atoms with E-state index in [1.807, 2.05) is 79.9 Å².